The molecule has 1 saturated carbocycles. The topological polar surface area (TPSA) is 111 Å². The molecule has 1 fully saturated rings. The van der Waals surface area contributed by atoms with Gasteiger partial charge < -0.3 is 15.6 Å². The van der Waals surface area contributed by atoms with Gasteiger partial charge in [-0.15, -0.1) is 0 Å². The Morgan fingerprint density at radius 2 is 2.00 bits per heavy atom. The van der Waals surface area contributed by atoms with Crippen LogP contribution in [0.25, 0.3) is 0 Å². The van der Waals surface area contributed by atoms with Gasteiger partial charge in [0.15, 0.2) is 5.70 Å². The van der Waals surface area contributed by atoms with Gasteiger partial charge >= 0.3 is 5.97 Å². The number of nitrogens with one attached hydrogen (secondary N) is 1. The Kier molecular flexibility index (Phi) is 4.13. The molecule has 2 rings (SSSR count). The van der Waals surface area contributed by atoms with E-state index in [0.717, 1.165) is 5.56 Å². The molecule has 0 atom stereocenters. The van der Waals surface area contributed by atoms with Crippen LogP contribution in [0.1, 0.15) is 18.4 Å². The number of benzene rings is 1. The first kappa shape index (κ1) is 13.8. The van der Waals surface area contributed by atoms with Crippen LogP contribution in [0.4, 0.5) is 0 Å². The number of carbonyl (C=O) groups is 1. The second kappa shape index (κ2) is 5.99. The molecule has 0 amide bonds. The lowest BCUT2D eigenvalue weighted by Crippen LogP contribution is -2.31. The number of ether oxygens (including phenoxy) is 1. The van der Waals surface area contributed by atoms with Crippen molar-refractivity contribution in [3.8, 4) is 17.6 Å². The fourth-order valence-electron chi connectivity index (χ4n) is 1.40. The van der Waals surface area contributed by atoms with Crippen molar-refractivity contribution in [1.29, 1.82) is 0 Å². The van der Waals surface area contributed by atoms with Crippen LogP contribution < -0.4 is 21.7 Å². The lowest BCUT2D eigenvalue weighted by Gasteiger charge is -2.10. The Bertz CT molecular complexity index is 592. The second-order valence-corrected chi connectivity index (χ2v) is 4.36. The van der Waals surface area contributed by atoms with Gasteiger partial charge in [0.05, 0.1) is 0 Å². The zero-order valence-corrected chi connectivity index (χ0v) is 10.7. The van der Waals surface area contributed by atoms with Crippen LogP contribution in [0.2, 0.25) is 0 Å². The molecule has 0 spiro atoms. The SMILES string of the molecule is NN/C(Oc1ccc(C#CC2CC2)cc1)=C(\N)C(=O)O. The third-order valence-electron chi connectivity index (χ3n) is 2.68. The number of hydrogen-bond acceptors (Lipinski definition) is 5. The quantitative estimate of drug-likeness (QED) is 0.209. The average molecular weight is 273 g/mol. The van der Waals surface area contributed by atoms with E-state index in [2.05, 4.69) is 17.3 Å². The summed E-state index contributed by atoms with van der Waals surface area (Å²) in [5, 5.41) is 8.76. The van der Waals surface area contributed by atoms with Gasteiger partial charge in [-0.05, 0) is 37.1 Å². The van der Waals surface area contributed by atoms with E-state index in [1.54, 1.807) is 24.3 Å². The van der Waals surface area contributed by atoms with Gasteiger partial charge in [-0.2, -0.15) is 0 Å². The van der Waals surface area contributed by atoms with E-state index >= 15 is 0 Å². The molecular weight excluding hydrogens is 258 g/mol. The highest BCUT2D eigenvalue weighted by Gasteiger charge is 2.17. The van der Waals surface area contributed by atoms with Gasteiger partial charge in [0, 0.05) is 11.5 Å². The van der Waals surface area contributed by atoms with Crippen molar-refractivity contribution in [2.45, 2.75) is 12.8 Å². The molecule has 1 aliphatic rings. The first-order chi connectivity index (χ1) is 9.60. The van der Waals surface area contributed by atoms with Gasteiger partial charge in [-0.25, -0.2) is 10.6 Å². The molecule has 20 heavy (non-hydrogen) atoms. The van der Waals surface area contributed by atoms with Crippen molar-refractivity contribution in [3.05, 3.63) is 41.4 Å². The molecule has 0 bridgehead atoms. The summed E-state index contributed by atoms with van der Waals surface area (Å²) >= 11 is 0. The summed E-state index contributed by atoms with van der Waals surface area (Å²) in [6.07, 6.45) is 2.36. The fraction of sp³-hybridized carbons (Fsp3) is 0.214. The molecule has 6 N–H and O–H groups in total. The fourth-order valence-corrected chi connectivity index (χ4v) is 1.40. The molecule has 0 aromatic heterocycles. The van der Waals surface area contributed by atoms with Crippen molar-refractivity contribution < 1.29 is 14.6 Å². The lowest BCUT2D eigenvalue weighted by atomic mass is 10.2. The van der Waals surface area contributed by atoms with Crippen LogP contribution in [0.5, 0.6) is 5.75 Å². The Morgan fingerprint density at radius 1 is 1.35 bits per heavy atom. The smallest absolute Gasteiger partial charge is 0.357 e. The normalized spacial score (nSPS) is 14.7. The van der Waals surface area contributed by atoms with Crippen molar-refractivity contribution in [1.82, 2.24) is 5.43 Å². The zero-order chi connectivity index (χ0) is 14.5. The summed E-state index contributed by atoms with van der Waals surface area (Å²) in [7, 11) is 0. The Balaban J connectivity index is 2.08. The van der Waals surface area contributed by atoms with E-state index in [1.165, 1.54) is 12.8 Å². The van der Waals surface area contributed by atoms with Crippen LogP contribution >= 0.6 is 0 Å². The number of hydrazine groups is 1. The largest absolute Gasteiger partial charge is 0.476 e. The maximum absolute atomic E-state index is 10.7. The summed E-state index contributed by atoms with van der Waals surface area (Å²) in [4.78, 5) is 10.7. The van der Waals surface area contributed by atoms with Crippen LogP contribution in [0.3, 0.4) is 0 Å². The molecule has 6 heteroatoms. The van der Waals surface area contributed by atoms with E-state index in [9.17, 15) is 4.79 Å². The molecule has 0 saturated heterocycles. The minimum atomic E-state index is -1.31. The van der Waals surface area contributed by atoms with E-state index in [4.69, 9.17) is 21.4 Å². The third kappa shape index (κ3) is 3.67. The van der Waals surface area contributed by atoms with Gasteiger partial charge in [0.1, 0.15) is 5.75 Å². The predicted molar refractivity (Wildman–Crippen MR) is 72.8 cm³/mol. The number of aliphatic carboxylic acids is 1. The molecular formula is C14H15N3O3. The highest BCUT2D eigenvalue weighted by molar-refractivity contribution is 5.85. The van der Waals surface area contributed by atoms with Crippen molar-refractivity contribution in [2.75, 3.05) is 0 Å². The Morgan fingerprint density at radius 3 is 2.50 bits per heavy atom. The maximum atomic E-state index is 10.7. The zero-order valence-electron chi connectivity index (χ0n) is 10.7. The summed E-state index contributed by atoms with van der Waals surface area (Å²) in [6.45, 7) is 0. The lowest BCUT2D eigenvalue weighted by molar-refractivity contribution is -0.132. The standard InChI is InChI=1S/C14H15N3O3/c15-12(14(18)19)13(17-16)20-11-7-5-10(6-8-11)4-3-9-1-2-9/h5-9,17H,1-2,15-16H2,(H,18,19)/b13-12+. The summed E-state index contributed by atoms with van der Waals surface area (Å²) < 4.78 is 5.27. The number of nitrogens with two attached hydrogens (primary N) is 2. The number of carboxylic acids is 1. The monoisotopic (exact) mass is 273 g/mol. The van der Waals surface area contributed by atoms with Crippen molar-refractivity contribution >= 4 is 5.97 Å². The van der Waals surface area contributed by atoms with Gasteiger partial charge in [-0.3, -0.25) is 5.43 Å². The molecule has 0 radical (unpaired) electrons. The van der Waals surface area contributed by atoms with Crippen LogP contribution in [0.15, 0.2) is 35.8 Å². The van der Waals surface area contributed by atoms with Crippen LogP contribution in [-0.4, -0.2) is 11.1 Å². The molecule has 0 aliphatic heterocycles. The molecule has 0 unspecified atom stereocenters. The van der Waals surface area contributed by atoms with E-state index in [1.807, 2.05) is 0 Å². The molecule has 1 aliphatic carbocycles. The Labute approximate surface area is 116 Å². The highest BCUT2D eigenvalue weighted by atomic mass is 16.5. The molecule has 104 valence electrons. The van der Waals surface area contributed by atoms with Crippen LogP contribution in [0, 0.1) is 17.8 Å². The van der Waals surface area contributed by atoms with Gasteiger partial charge in [0.2, 0.25) is 5.88 Å². The van der Waals surface area contributed by atoms with E-state index < -0.39 is 11.7 Å². The summed E-state index contributed by atoms with van der Waals surface area (Å²) in [6, 6.07) is 6.92. The predicted octanol–water partition coefficient (Wildman–Crippen LogP) is 0.503. The molecule has 1 aromatic carbocycles. The molecule has 1 aromatic rings. The van der Waals surface area contributed by atoms with Gasteiger partial charge in [-0.1, -0.05) is 11.8 Å². The van der Waals surface area contributed by atoms with Gasteiger partial charge in [0.25, 0.3) is 0 Å². The maximum Gasteiger partial charge on any atom is 0.357 e. The van der Waals surface area contributed by atoms with Crippen LogP contribution in [-0.2, 0) is 4.79 Å². The van der Waals surface area contributed by atoms with Crippen molar-refractivity contribution in [3.63, 3.8) is 0 Å². The second-order valence-electron chi connectivity index (χ2n) is 4.36. The van der Waals surface area contributed by atoms with Crippen molar-refractivity contribution in [2.24, 2.45) is 17.5 Å². The number of carboxylic acid groups (broad SMARTS) is 1. The molecule has 6 nitrogen and oxygen atoms in total. The minimum absolute atomic E-state index is 0.214. The number of rotatable bonds is 4. The summed E-state index contributed by atoms with van der Waals surface area (Å²) in [5.74, 6) is 10.8. The van der Waals surface area contributed by atoms with E-state index in [-0.39, 0.29) is 5.88 Å². The molecule has 0 heterocycles. The first-order valence-corrected chi connectivity index (χ1v) is 6.09. The first-order valence-electron chi connectivity index (χ1n) is 6.09. The minimum Gasteiger partial charge on any atom is -0.476 e. The number of hydrogen-bond donors (Lipinski definition) is 4. The highest BCUT2D eigenvalue weighted by Crippen LogP contribution is 2.27. The van der Waals surface area contributed by atoms with E-state index in [0.29, 0.717) is 11.7 Å². The Hall–Kier alpha value is -2.65. The summed E-state index contributed by atoms with van der Waals surface area (Å²) in [5.41, 5.74) is 7.83. The average Bonchev–Trinajstić information content (AvgIpc) is 3.27. The third-order valence-corrected chi connectivity index (χ3v) is 2.68.